The van der Waals surface area contributed by atoms with Crippen molar-refractivity contribution >= 4 is 5.78 Å². The van der Waals surface area contributed by atoms with Gasteiger partial charge in [0.05, 0.1) is 0 Å². The van der Waals surface area contributed by atoms with Gasteiger partial charge in [0.15, 0.2) is 5.78 Å². The van der Waals surface area contributed by atoms with E-state index in [1.54, 1.807) is 0 Å². The zero-order valence-corrected chi connectivity index (χ0v) is 13.1. The average Bonchev–Trinajstić information content (AvgIpc) is 2.47. The van der Waals surface area contributed by atoms with Crippen LogP contribution in [-0.2, 0) is 0 Å². The molecule has 1 fully saturated rings. The molecule has 2 nitrogen and oxygen atoms in total. The van der Waals surface area contributed by atoms with E-state index in [1.807, 2.05) is 12.1 Å². The Morgan fingerprint density at radius 1 is 1.05 bits per heavy atom. The smallest absolute Gasteiger partial charge is 0.166 e. The van der Waals surface area contributed by atoms with E-state index in [0.717, 1.165) is 25.2 Å². The molecule has 1 aromatic carbocycles. The van der Waals surface area contributed by atoms with Gasteiger partial charge in [-0.15, -0.1) is 0 Å². The van der Waals surface area contributed by atoms with Crippen LogP contribution in [0.25, 0.3) is 0 Å². The maximum atomic E-state index is 12.5. The molecule has 0 radical (unpaired) electrons. The number of carbonyl (C=O) groups excluding carboxylic acids is 1. The second kappa shape index (κ2) is 7.03. The van der Waals surface area contributed by atoms with Gasteiger partial charge in [-0.2, -0.15) is 0 Å². The summed E-state index contributed by atoms with van der Waals surface area (Å²) in [5.41, 5.74) is 2.16. The largest absolute Gasteiger partial charge is 0.303 e. The number of Topliss-reactive ketones (excluding diaryl/α,β-unsaturated/α-hetero) is 1. The van der Waals surface area contributed by atoms with Crippen LogP contribution >= 0.6 is 0 Å². The minimum atomic E-state index is 0.0954. The molecule has 0 saturated carbocycles. The summed E-state index contributed by atoms with van der Waals surface area (Å²) >= 11 is 0. The van der Waals surface area contributed by atoms with Crippen LogP contribution in [0.1, 0.15) is 61.9 Å². The third kappa shape index (κ3) is 3.92. The van der Waals surface area contributed by atoms with Gasteiger partial charge in [0.2, 0.25) is 0 Å². The minimum absolute atomic E-state index is 0.0954. The van der Waals surface area contributed by atoms with Gasteiger partial charge >= 0.3 is 0 Å². The maximum absolute atomic E-state index is 12.5. The van der Waals surface area contributed by atoms with Crippen LogP contribution in [0.3, 0.4) is 0 Å². The molecule has 1 saturated heterocycles. The van der Waals surface area contributed by atoms with E-state index in [0.29, 0.717) is 5.92 Å². The monoisotopic (exact) mass is 273 g/mol. The molecule has 1 aliphatic rings. The average molecular weight is 273 g/mol. The fourth-order valence-corrected chi connectivity index (χ4v) is 2.93. The topological polar surface area (TPSA) is 20.3 Å². The van der Waals surface area contributed by atoms with Crippen LogP contribution < -0.4 is 0 Å². The maximum Gasteiger partial charge on any atom is 0.166 e. The molecule has 1 atom stereocenters. The van der Waals surface area contributed by atoms with Gasteiger partial charge in [-0.05, 0) is 37.4 Å². The lowest BCUT2D eigenvalue weighted by Gasteiger charge is -2.28. The minimum Gasteiger partial charge on any atom is -0.303 e. The summed E-state index contributed by atoms with van der Waals surface area (Å²) in [6.07, 6.45) is 3.91. The molecule has 1 aliphatic heterocycles. The van der Waals surface area contributed by atoms with Gasteiger partial charge in [0, 0.05) is 18.0 Å². The third-order valence-corrected chi connectivity index (χ3v) is 4.29. The van der Waals surface area contributed by atoms with Crippen LogP contribution in [0.2, 0.25) is 0 Å². The first-order valence-corrected chi connectivity index (χ1v) is 7.94. The highest BCUT2D eigenvalue weighted by atomic mass is 16.1. The molecule has 20 heavy (non-hydrogen) atoms. The number of carbonyl (C=O) groups is 1. The Balaban J connectivity index is 1.95. The number of ketones is 1. The molecule has 1 unspecified atom stereocenters. The van der Waals surface area contributed by atoms with Gasteiger partial charge < -0.3 is 4.90 Å². The normalized spacial score (nSPS) is 18.2. The highest BCUT2D eigenvalue weighted by Crippen LogP contribution is 2.18. The standard InChI is InChI=1S/C18H27NO/c1-14(2)16-7-9-17(10-8-16)18(20)15(3)13-19-11-5-4-6-12-19/h7-10,14-15H,4-6,11-13H2,1-3H3. The first-order valence-electron chi connectivity index (χ1n) is 7.94. The number of hydrogen-bond donors (Lipinski definition) is 0. The quantitative estimate of drug-likeness (QED) is 0.752. The van der Waals surface area contributed by atoms with Crippen molar-refractivity contribution in [2.75, 3.05) is 19.6 Å². The van der Waals surface area contributed by atoms with Crippen molar-refractivity contribution < 1.29 is 4.79 Å². The fourth-order valence-electron chi connectivity index (χ4n) is 2.93. The van der Waals surface area contributed by atoms with E-state index in [9.17, 15) is 4.79 Å². The van der Waals surface area contributed by atoms with E-state index in [1.165, 1.54) is 24.8 Å². The van der Waals surface area contributed by atoms with Crippen molar-refractivity contribution in [2.24, 2.45) is 5.92 Å². The van der Waals surface area contributed by atoms with Crippen molar-refractivity contribution in [2.45, 2.75) is 46.0 Å². The second-order valence-electron chi connectivity index (χ2n) is 6.40. The summed E-state index contributed by atoms with van der Waals surface area (Å²) < 4.78 is 0. The Morgan fingerprint density at radius 2 is 1.65 bits per heavy atom. The highest BCUT2D eigenvalue weighted by molar-refractivity contribution is 5.97. The van der Waals surface area contributed by atoms with Crippen molar-refractivity contribution in [3.8, 4) is 0 Å². The first kappa shape index (κ1) is 15.2. The molecule has 0 aromatic heterocycles. The summed E-state index contributed by atoms with van der Waals surface area (Å²) in [5.74, 6) is 0.897. The van der Waals surface area contributed by atoms with Gasteiger partial charge in [-0.1, -0.05) is 51.5 Å². The molecule has 0 amide bonds. The zero-order chi connectivity index (χ0) is 14.5. The Morgan fingerprint density at radius 3 is 2.20 bits per heavy atom. The number of rotatable bonds is 5. The van der Waals surface area contributed by atoms with E-state index in [2.05, 4.69) is 37.8 Å². The molecular weight excluding hydrogens is 246 g/mol. The molecule has 1 aromatic rings. The van der Waals surface area contributed by atoms with Crippen LogP contribution in [0.15, 0.2) is 24.3 Å². The Bertz CT molecular complexity index is 429. The Kier molecular flexibility index (Phi) is 5.36. The van der Waals surface area contributed by atoms with E-state index < -0.39 is 0 Å². The molecule has 0 spiro atoms. The summed E-state index contributed by atoms with van der Waals surface area (Å²) in [5, 5.41) is 0. The summed E-state index contributed by atoms with van der Waals surface area (Å²) in [6, 6.07) is 8.16. The lowest BCUT2D eigenvalue weighted by Crippen LogP contribution is -2.35. The number of hydrogen-bond acceptors (Lipinski definition) is 2. The van der Waals surface area contributed by atoms with E-state index in [-0.39, 0.29) is 11.7 Å². The summed E-state index contributed by atoms with van der Waals surface area (Å²) in [4.78, 5) is 14.9. The van der Waals surface area contributed by atoms with Gasteiger partial charge in [0.1, 0.15) is 0 Å². The van der Waals surface area contributed by atoms with Crippen LogP contribution in [0.4, 0.5) is 0 Å². The number of piperidine rings is 1. The highest BCUT2D eigenvalue weighted by Gasteiger charge is 2.19. The van der Waals surface area contributed by atoms with Gasteiger partial charge in [0.25, 0.3) is 0 Å². The zero-order valence-electron chi connectivity index (χ0n) is 13.1. The number of nitrogens with zero attached hydrogens (tertiary/aromatic N) is 1. The molecule has 2 rings (SSSR count). The van der Waals surface area contributed by atoms with Crippen LogP contribution in [0.5, 0.6) is 0 Å². The SMILES string of the molecule is CC(CN1CCCCC1)C(=O)c1ccc(C(C)C)cc1. The molecule has 0 aliphatic carbocycles. The van der Waals surface area contributed by atoms with Crippen molar-refractivity contribution in [1.29, 1.82) is 0 Å². The molecule has 110 valence electrons. The predicted molar refractivity (Wildman–Crippen MR) is 84.3 cm³/mol. The lowest BCUT2D eigenvalue weighted by molar-refractivity contribution is 0.0883. The number of likely N-dealkylation sites (tertiary alicyclic amines) is 1. The molecule has 2 heteroatoms. The molecule has 0 N–H and O–H groups in total. The Labute approximate surface area is 123 Å². The van der Waals surface area contributed by atoms with Crippen molar-refractivity contribution in [3.63, 3.8) is 0 Å². The van der Waals surface area contributed by atoms with Gasteiger partial charge in [-0.25, -0.2) is 0 Å². The second-order valence-corrected chi connectivity index (χ2v) is 6.40. The van der Waals surface area contributed by atoms with E-state index >= 15 is 0 Å². The summed E-state index contributed by atoms with van der Waals surface area (Å²) in [6.45, 7) is 9.64. The number of benzene rings is 1. The fraction of sp³-hybridized carbons (Fsp3) is 0.611. The molecular formula is C18H27NO. The van der Waals surface area contributed by atoms with Crippen molar-refractivity contribution in [3.05, 3.63) is 35.4 Å². The third-order valence-electron chi connectivity index (χ3n) is 4.29. The Hall–Kier alpha value is -1.15. The van der Waals surface area contributed by atoms with Crippen LogP contribution in [-0.4, -0.2) is 30.3 Å². The molecule has 1 heterocycles. The predicted octanol–water partition coefficient (Wildman–Crippen LogP) is 4.11. The van der Waals surface area contributed by atoms with Gasteiger partial charge in [-0.3, -0.25) is 4.79 Å². The van der Waals surface area contributed by atoms with Crippen molar-refractivity contribution in [1.82, 2.24) is 4.90 Å². The lowest BCUT2D eigenvalue weighted by atomic mass is 9.95. The van der Waals surface area contributed by atoms with Crippen LogP contribution in [0, 0.1) is 5.92 Å². The first-order chi connectivity index (χ1) is 9.58. The summed E-state index contributed by atoms with van der Waals surface area (Å²) in [7, 11) is 0. The molecule has 0 bridgehead atoms. The van der Waals surface area contributed by atoms with E-state index in [4.69, 9.17) is 0 Å².